The normalized spacial score (nSPS) is 16.8. The maximum Gasteiger partial charge on any atom is 0.416 e. The zero-order chi connectivity index (χ0) is 61.1. The van der Waals surface area contributed by atoms with E-state index in [2.05, 4.69) is 35.9 Å². The van der Waals surface area contributed by atoms with Crippen molar-refractivity contribution >= 4 is 46.4 Å². The van der Waals surface area contributed by atoms with Crippen molar-refractivity contribution in [1.29, 1.82) is 5.26 Å². The number of pyridine rings is 3. The van der Waals surface area contributed by atoms with Gasteiger partial charge in [-0.05, 0) is 134 Å². The quantitative estimate of drug-likeness (QED) is 0.0350. The first-order valence-corrected chi connectivity index (χ1v) is 26.6. The Kier molecular flexibility index (Phi) is 20.0. The predicted octanol–water partition coefficient (Wildman–Crippen LogP) is 14.1. The molecule has 0 unspecified atom stereocenters. The third kappa shape index (κ3) is 16.1. The van der Waals surface area contributed by atoms with Crippen molar-refractivity contribution in [1.82, 2.24) is 35.0 Å². The largest absolute Gasteiger partial charge is 0.495 e. The number of aryl methyl sites for hydroxylation is 2. The smallest absolute Gasteiger partial charge is 0.416 e. The van der Waals surface area contributed by atoms with Gasteiger partial charge in [-0.25, -0.2) is 23.0 Å². The van der Waals surface area contributed by atoms with Gasteiger partial charge in [0.1, 0.15) is 11.4 Å². The molecule has 9 rings (SSSR count). The number of likely N-dealkylation sites (tertiary alicyclic amines) is 3. The molecule has 0 aliphatic carbocycles. The molecule has 3 aromatic heterocycles. The minimum absolute atomic E-state index is 0.0425. The standard InChI is InChI=1S/C20H19F4N5.C19H19F4N3O2.C19H19F4N3S/c1-14-3-2-10-26-17(14)19(21)8-11-29(12-9-19)18(27-13-25)28-16-6-4-15(5-7-16)20(22,23)24;1-28-15-3-2-10-24-16(15)18(20)8-11-26(12-9-18)17(27)25-14-6-4-13(5-7-14)19(21,22)23;1-13-3-2-10-24-16(13)18(20)8-11-26(12-9-18)17(27)25-15-6-4-14(5-7-15)19(21,22)23/h2-7,10H,8-9,11-12H2,1H3,(H,27,28);2-7,10H,8-9,11-12H2,1H3,(H,25,27);2-7,10H,8-9,11-12H2,1H3,(H,25,27). The lowest BCUT2D eigenvalue weighted by Crippen LogP contribution is -2.47. The predicted molar refractivity (Wildman–Crippen MR) is 295 cm³/mol. The number of anilines is 2. The number of guanidine groups is 1. The average molecular weight is 1200 g/mol. The number of halogens is 12. The fraction of sp³-hybridized carbons (Fsp3) is 0.362. The van der Waals surface area contributed by atoms with Crippen LogP contribution in [0.3, 0.4) is 0 Å². The molecule has 3 aliphatic heterocycles. The molecule has 0 spiro atoms. The summed E-state index contributed by atoms with van der Waals surface area (Å²) >= 11 is 5.33. The fourth-order valence-electron chi connectivity index (χ4n) is 9.68. The van der Waals surface area contributed by atoms with Crippen LogP contribution in [0.5, 0.6) is 5.75 Å². The van der Waals surface area contributed by atoms with Gasteiger partial charge in [-0.3, -0.25) is 20.3 Å². The van der Waals surface area contributed by atoms with Crippen LogP contribution >= 0.6 is 12.2 Å². The monoisotopic (exact) mass is 1200 g/mol. The molecule has 84 heavy (non-hydrogen) atoms. The number of urea groups is 1. The van der Waals surface area contributed by atoms with E-state index < -0.39 is 58.3 Å². The van der Waals surface area contributed by atoms with Crippen LogP contribution in [-0.2, 0) is 35.5 Å². The van der Waals surface area contributed by atoms with Crippen LogP contribution in [0.2, 0.25) is 0 Å². The number of methoxy groups -OCH3 is 1. The van der Waals surface area contributed by atoms with Gasteiger partial charge in [0.05, 0.1) is 40.9 Å². The van der Waals surface area contributed by atoms with Gasteiger partial charge in [-0.2, -0.15) is 44.8 Å². The van der Waals surface area contributed by atoms with E-state index in [1.807, 2.05) is 30.9 Å². The molecule has 3 aromatic carbocycles. The molecule has 0 radical (unpaired) electrons. The van der Waals surface area contributed by atoms with E-state index in [0.29, 0.717) is 41.0 Å². The van der Waals surface area contributed by atoms with E-state index in [1.165, 1.54) is 54.6 Å². The number of hydrogen-bond donors (Lipinski definition) is 3. The number of carbonyl (C=O) groups is 1. The lowest BCUT2D eigenvalue weighted by Gasteiger charge is -2.37. The highest BCUT2D eigenvalue weighted by atomic mass is 32.1. The number of nitrogens with zero attached hydrogens (tertiary/aromatic N) is 8. The van der Waals surface area contributed by atoms with E-state index >= 15 is 13.2 Å². The Morgan fingerprint density at radius 3 is 1.33 bits per heavy atom. The topological polar surface area (TPSA) is 147 Å². The van der Waals surface area contributed by atoms with E-state index in [9.17, 15) is 44.3 Å². The van der Waals surface area contributed by atoms with Crippen LogP contribution < -0.4 is 20.7 Å². The maximum absolute atomic E-state index is 15.5. The van der Waals surface area contributed by atoms with Gasteiger partial charge in [-0.1, -0.05) is 12.1 Å². The molecular weight excluding hydrogens is 1140 g/mol. The molecule has 3 fully saturated rings. The first kappa shape index (κ1) is 63.4. The Labute approximate surface area is 481 Å². The number of amides is 2. The molecule has 3 saturated heterocycles. The van der Waals surface area contributed by atoms with Crippen molar-refractivity contribution in [3.63, 3.8) is 0 Å². The van der Waals surface area contributed by atoms with Gasteiger partial charge in [-0.15, -0.1) is 0 Å². The average Bonchev–Trinajstić information content (AvgIpc) is 3.50. The molecule has 0 bridgehead atoms. The van der Waals surface area contributed by atoms with Crippen molar-refractivity contribution in [3.05, 3.63) is 173 Å². The second-order valence-electron chi connectivity index (χ2n) is 20.0. The van der Waals surface area contributed by atoms with Crippen molar-refractivity contribution in [2.45, 2.75) is 87.9 Å². The number of aliphatic imine (C=N–C) groups is 1. The Morgan fingerprint density at radius 2 is 0.929 bits per heavy atom. The second-order valence-corrected chi connectivity index (χ2v) is 20.4. The van der Waals surface area contributed by atoms with Crippen LogP contribution in [0.4, 0.5) is 74.5 Å². The Bertz CT molecular complexity index is 3260. The number of alkyl halides is 12. The van der Waals surface area contributed by atoms with E-state index in [0.717, 1.165) is 47.5 Å². The molecule has 6 heterocycles. The summed E-state index contributed by atoms with van der Waals surface area (Å²) in [7, 11) is 1.44. The first-order valence-electron chi connectivity index (χ1n) is 26.2. The highest BCUT2D eigenvalue weighted by Crippen LogP contribution is 2.42. The van der Waals surface area contributed by atoms with E-state index in [1.54, 1.807) is 47.8 Å². The van der Waals surface area contributed by atoms with Crippen molar-refractivity contribution in [2.75, 3.05) is 57.0 Å². The lowest BCUT2D eigenvalue weighted by atomic mass is 9.87. The summed E-state index contributed by atoms with van der Waals surface area (Å²) in [5.41, 5.74) is -3.44. The van der Waals surface area contributed by atoms with Crippen molar-refractivity contribution < 1.29 is 62.2 Å². The minimum Gasteiger partial charge on any atom is -0.495 e. The number of benzene rings is 3. The molecule has 26 heteroatoms. The van der Waals surface area contributed by atoms with Gasteiger partial charge in [0, 0.05) is 108 Å². The summed E-state index contributed by atoms with van der Waals surface area (Å²) in [5, 5.41) is 17.3. The number of rotatable bonds is 7. The van der Waals surface area contributed by atoms with Crippen LogP contribution in [0, 0.1) is 25.3 Å². The highest BCUT2D eigenvalue weighted by molar-refractivity contribution is 7.80. The number of piperidine rings is 3. The zero-order valence-corrected chi connectivity index (χ0v) is 46.3. The lowest BCUT2D eigenvalue weighted by molar-refractivity contribution is -0.138. The van der Waals surface area contributed by atoms with Gasteiger partial charge < -0.3 is 30.1 Å². The van der Waals surface area contributed by atoms with Crippen LogP contribution in [0.1, 0.15) is 83.4 Å². The van der Waals surface area contributed by atoms with Gasteiger partial charge >= 0.3 is 24.6 Å². The van der Waals surface area contributed by atoms with Gasteiger partial charge in [0.2, 0.25) is 5.96 Å². The highest BCUT2D eigenvalue weighted by Gasteiger charge is 2.43. The molecule has 446 valence electrons. The summed E-state index contributed by atoms with van der Waals surface area (Å²) in [4.78, 5) is 34.0. The first-order chi connectivity index (χ1) is 39.6. The Balaban J connectivity index is 0.000000181. The zero-order valence-electron chi connectivity index (χ0n) is 45.4. The number of nitriles is 1. The Hall–Kier alpha value is -8.21. The molecule has 2 amide bonds. The summed E-state index contributed by atoms with van der Waals surface area (Å²) in [5.74, 6) is 0.528. The number of carbonyl (C=O) groups excluding carboxylic acids is 1. The molecule has 0 atom stereocenters. The number of thiocarbonyl (C=S) groups is 1. The van der Waals surface area contributed by atoms with Crippen LogP contribution in [0.15, 0.2) is 133 Å². The molecule has 13 nitrogen and oxygen atoms in total. The minimum atomic E-state index is -4.44. The molecule has 3 N–H and O–H groups in total. The van der Waals surface area contributed by atoms with Crippen molar-refractivity contribution in [2.24, 2.45) is 4.99 Å². The number of aromatic nitrogens is 3. The number of nitrogens with one attached hydrogen (secondary N) is 3. The molecular formula is C58H57F12N11O2S. The third-order valence-corrected chi connectivity index (χ3v) is 14.7. The summed E-state index contributed by atoms with van der Waals surface area (Å²) in [6.07, 6.45) is -5.94. The molecule has 3 aliphatic rings. The number of hydrogen-bond acceptors (Lipinski definition) is 8. The SMILES string of the molecule is COc1cccnc1C1(F)CCN(C(=O)Nc2ccc(C(F)(F)F)cc2)CC1.Cc1cccnc1C1(F)CCN(C(=Nc2ccc(C(F)(F)F)cc2)NC#N)CC1.Cc1cccnc1C1(F)CCN(C(=S)Nc2ccc(C(F)(F)F)cc2)CC1. The van der Waals surface area contributed by atoms with Crippen molar-refractivity contribution in [3.8, 4) is 11.9 Å². The summed E-state index contributed by atoms with van der Waals surface area (Å²) < 4.78 is 165. The Morgan fingerprint density at radius 1 is 0.560 bits per heavy atom. The fourth-order valence-corrected chi connectivity index (χ4v) is 9.98. The van der Waals surface area contributed by atoms with E-state index in [-0.39, 0.29) is 87.7 Å². The van der Waals surface area contributed by atoms with Gasteiger partial charge in [0.15, 0.2) is 28.3 Å². The number of ether oxygens (including phenoxy) is 1. The molecule has 0 saturated carbocycles. The summed E-state index contributed by atoms with van der Waals surface area (Å²) in [6, 6.07) is 23.1. The van der Waals surface area contributed by atoms with Crippen LogP contribution in [-0.4, -0.2) is 93.1 Å². The van der Waals surface area contributed by atoms with Crippen LogP contribution in [0.25, 0.3) is 0 Å². The summed E-state index contributed by atoms with van der Waals surface area (Å²) in [6.45, 7) is 5.29. The maximum atomic E-state index is 15.5. The third-order valence-electron chi connectivity index (χ3n) is 14.3. The second kappa shape index (κ2) is 26.6. The molecule has 6 aromatic rings. The van der Waals surface area contributed by atoms with E-state index in [4.69, 9.17) is 22.2 Å². The van der Waals surface area contributed by atoms with Gasteiger partial charge in [0.25, 0.3) is 0 Å².